The molecular weight excluding hydrogens is 254 g/mol. The number of hydrogen-bond donors (Lipinski definition) is 1. The van der Waals surface area contributed by atoms with E-state index in [4.69, 9.17) is 9.52 Å². The summed E-state index contributed by atoms with van der Waals surface area (Å²) >= 11 is 3.28. The topological polar surface area (TPSA) is 50.1 Å². The van der Waals surface area contributed by atoms with Crippen molar-refractivity contribution >= 4 is 25.7 Å². The number of ether oxygens (including phenoxy) is 1. The average molecular weight is 264 g/mol. The maximum Gasteiger partial charge on any atom is 0.134 e. The lowest BCUT2D eigenvalue weighted by atomic mass is 10.3. The molecule has 5 heteroatoms. The second-order valence-corrected chi connectivity index (χ2v) is 5.65. The van der Waals surface area contributed by atoms with Crippen LogP contribution in [0.25, 0.3) is 0 Å². The fourth-order valence-electron chi connectivity index (χ4n) is 0.882. The molecule has 13 heavy (non-hydrogen) atoms. The molecule has 0 aliphatic rings. The van der Waals surface area contributed by atoms with Gasteiger partial charge in [0.05, 0.1) is 26.2 Å². The van der Waals surface area contributed by atoms with E-state index in [9.17, 15) is 4.21 Å². The molecule has 1 rings (SSSR count). The lowest BCUT2D eigenvalue weighted by Gasteiger charge is -2.06. The molecule has 0 spiro atoms. The molecule has 0 radical (unpaired) electrons. The number of rotatable bonds is 2. The number of hydrogen-bond acceptors (Lipinski definition) is 3. The highest BCUT2D eigenvalue weighted by Gasteiger charge is 2.06. The molecule has 1 aromatic rings. The summed E-state index contributed by atoms with van der Waals surface area (Å²) < 4.78 is 24.6. The predicted octanol–water partition coefficient (Wildman–Crippen LogP) is 2.49. The Hall–Kier alpha value is -0.550. The summed E-state index contributed by atoms with van der Waals surface area (Å²) in [6.45, 7) is 0. The summed E-state index contributed by atoms with van der Waals surface area (Å²) in [5.41, 5.74) is 0. The van der Waals surface area contributed by atoms with Crippen LogP contribution in [-0.4, -0.2) is 17.6 Å². The lowest BCUT2D eigenvalue weighted by molar-refractivity contribution is 0.411. The van der Waals surface area contributed by atoms with Crippen LogP contribution in [0.5, 0.6) is 5.75 Å². The van der Waals surface area contributed by atoms with E-state index in [2.05, 4.69) is 15.9 Å². The van der Waals surface area contributed by atoms with Gasteiger partial charge in [-0.3, -0.25) is 0 Å². The van der Waals surface area contributed by atoms with Crippen molar-refractivity contribution in [2.45, 2.75) is 4.90 Å². The average Bonchev–Trinajstić information content (AvgIpc) is 2.03. The Labute approximate surface area is 86.2 Å². The Bertz CT molecular complexity index is 414. The Morgan fingerprint density at radius 3 is 2.62 bits per heavy atom. The van der Waals surface area contributed by atoms with Gasteiger partial charge in [-0.1, -0.05) is 0 Å². The fraction of sp³-hybridized carbons (Fsp3) is 0.250. The molecule has 0 aliphatic heterocycles. The molecule has 0 fully saturated rings. The standard InChI is InChI=1S/C8H10BrNO2S/c1-12-8-5-6(13(2,10)11)3-4-7(8)9/h3-5,10H,1-2H3. The van der Waals surface area contributed by atoms with Gasteiger partial charge in [0.15, 0.2) is 0 Å². The second-order valence-electron chi connectivity index (χ2n) is 2.64. The molecule has 1 N–H and O–H groups in total. The highest BCUT2D eigenvalue weighted by molar-refractivity contribution is 9.10. The van der Waals surface area contributed by atoms with E-state index >= 15 is 0 Å². The van der Waals surface area contributed by atoms with Crippen molar-refractivity contribution in [2.75, 3.05) is 13.4 Å². The van der Waals surface area contributed by atoms with Gasteiger partial charge in [0, 0.05) is 6.26 Å². The summed E-state index contributed by atoms with van der Waals surface area (Å²) in [5.74, 6) is 0.597. The van der Waals surface area contributed by atoms with Crippen molar-refractivity contribution in [3.63, 3.8) is 0 Å². The largest absolute Gasteiger partial charge is 0.496 e. The van der Waals surface area contributed by atoms with Gasteiger partial charge in [0.25, 0.3) is 0 Å². The molecule has 1 unspecified atom stereocenters. The van der Waals surface area contributed by atoms with Crippen molar-refractivity contribution in [1.29, 1.82) is 4.78 Å². The molecule has 72 valence electrons. The molecule has 0 saturated carbocycles. The van der Waals surface area contributed by atoms with Crippen LogP contribution in [0.3, 0.4) is 0 Å². The number of methoxy groups -OCH3 is 1. The Kier molecular flexibility index (Phi) is 2.98. The monoisotopic (exact) mass is 263 g/mol. The maximum absolute atomic E-state index is 11.4. The van der Waals surface area contributed by atoms with Crippen LogP contribution < -0.4 is 4.74 Å². The van der Waals surface area contributed by atoms with E-state index in [1.54, 1.807) is 18.2 Å². The minimum absolute atomic E-state index is 0.479. The zero-order valence-corrected chi connectivity index (χ0v) is 9.74. The van der Waals surface area contributed by atoms with E-state index in [1.165, 1.54) is 13.4 Å². The van der Waals surface area contributed by atoms with E-state index in [0.29, 0.717) is 10.6 Å². The van der Waals surface area contributed by atoms with Crippen LogP contribution in [0.1, 0.15) is 0 Å². The first-order valence-electron chi connectivity index (χ1n) is 3.52. The zero-order chi connectivity index (χ0) is 10.1. The van der Waals surface area contributed by atoms with Crippen LogP contribution in [0, 0.1) is 4.78 Å². The Morgan fingerprint density at radius 1 is 1.54 bits per heavy atom. The van der Waals surface area contributed by atoms with E-state index in [0.717, 1.165) is 4.47 Å². The minimum Gasteiger partial charge on any atom is -0.496 e. The Balaban J connectivity index is 3.30. The van der Waals surface area contributed by atoms with Gasteiger partial charge in [-0.2, -0.15) is 0 Å². The molecule has 1 aromatic carbocycles. The molecular formula is C8H10BrNO2S. The van der Waals surface area contributed by atoms with Crippen molar-refractivity contribution in [3.8, 4) is 5.75 Å². The third kappa shape index (κ3) is 2.45. The first-order chi connectivity index (χ1) is 5.95. The quantitative estimate of drug-likeness (QED) is 0.892. The third-order valence-corrected chi connectivity index (χ3v) is 3.38. The highest BCUT2D eigenvalue weighted by atomic mass is 79.9. The van der Waals surface area contributed by atoms with Gasteiger partial charge in [-0.25, -0.2) is 8.99 Å². The SMILES string of the molecule is COc1cc(S(C)(=N)=O)ccc1Br. The van der Waals surface area contributed by atoms with Crippen LogP contribution in [-0.2, 0) is 9.73 Å². The van der Waals surface area contributed by atoms with E-state index in [1.807, 2.05) is 0 Å². The van der Waals surface area contributed by atoms with Gasteiger partial charge >= 0.3 is 0 Å². The van der Waals surface area contributed by atoms with Gasteiger partial charge in [-0.05, 0) is 34.1 Å². The minimum atomic E-state index is -2.65. The molecule has 3 nitrogen and oxygen atoms in total. The maximum atomic E-state index is 11.4. The van der Waals surface area contributed by atoms with Crippen LogP contribution in [0.2, 0.25) is 0 Å². The number of halogens is 1. The molecule has 0 heterocycles. The van der Waals surface area contributed by atoms with Gasteiger partial charge in [0.1, 0.15) is 5.75 Å². The molecule has 1 atom stereocenters. The van der Waals surface area contributed by atoms with Crippen molar-refractivity contribution in [3.05, 3.63) is 22.7 Å². The molecule has 0 amide bonds. The van der Waals surface area contributed by atoms with Crippen LogP contribution >= 0.6 is 15.9 Å². The summed E-state index contributed by atoms with van der Waals surface area (Å²) in [7, 11) is -1.12. The number of nitrogens with one attached hydrogen (secondary N) is 1. The fourth-order valence-corrected chi connectivity index (χ4v) is 1.95. The first kappa shape index (κ1) is 10.5. The van der Waals surface area contributed by atoms with Gasteiger partial charge in [0.2, 0.25) is 0 Å². The normalized spacial score (nSPS) is 15.0. The van der Waals surface area contributed by atoms with Crippen molar-refractivity contribution < 1.29 is 8.95 Å². The zero-order valence-electron chi connectivity index (χ0n) is 7.33. The summed E-state index contributed by atoms with van der Waals surface area (Å²) in [5, 5.41) is 0. The molecule has 0 saturated heterocycles. The second kappa shape index (κ2) is 3.67. The summed E-state index contributed by atoms with van der Waals surface area (Å²) in [6.07, 6.45) is 1.38. The van der Waals surface area contributed by atoms with E-state index < -0.39 is 9.73 Å². The van der Waals surface area contributed by atoms with Crippen molar-refractivity contribution in [2.24, 2.45) is 0 Å². The highest BCUT2D eigenvalue weighted by Crippen LogP contribution is 2.27. The summed E-state index contributed by atoms with van der Waals surface area (Å²) in [4.78, 5) is 0.479. The molecule has 0 aliphatic carbocycles. The van der Waals surface area contributed by atoms with E-state index in [-0.39, 0.29) is 0 Å². The number of benzene rings is 1. The Morgan fingerprint density at radius 2 is 2.15 bits per heavy atom. The predicted molar refractivity (Wildman–Crippen MR) is 55.7 cm³/mol. The van der Waals surface area contributed by atoms with Gasteiger partial charge in [-0.15, -0.1) is 0 Å². The van der Waals surface area contributed by atoms with Gasteiger partial charge < -0.3 is 4.74 Å². The smallest absolute Gasteiger partial charge is 0.134 e. The molecule has 0 aromatic heterocycles. The molecule has 0 bridgehead atoms. The van der Waals surface area contributed by atoms with Crippen LogP contribution in [0.15, 0.2) is 27.6 Å². The first-order valence-corrected chi connectivity index (χ1v) is 6.28. The van der Waals surface area contributed by atoms with Crippen LogP contribution in [0.4, 0.5) is 0 Å². The lowest BCUT2D eigenvalue weighted by Crippen LogP contribution is -1.95. The summed E-state index contributed by atoms with van der Waals surface area (Å²) in [6, 6.07) is 4.99. The third-order valence-electron chi connectivity index (χ3n) is 1.57. The van der Waals surface area contributed by atoms with Crippen molar-refractivity contribution in [1.82, 2.24) is 0 Å².